The molecule has 1 aromatic rings. The molecule has 2 rings (SSSR count). The number of carboxylic acids is 1. The van der Waals surface area contributed by atoms with Crippen molar-refractivity contribution >= 4 is 23.5 Å². The van der Waals surface area contributed by atoms with Crippen LogP contribution in [-0.4, -0.2) is 61.4 Å². The molecule has 1 saturated heterocycles. The van der Waals surface area contributed by atoms with Gasteiger partial charge in [0.25, 0.3) is 0 Å². The molecule has 1 fully saturated rings. The fourth-order valence-corrected chi connectivity index (χ4v) is 2.46. The molecule has 1 unspecified atom stereocenters. The summed E-state index contributed by atoms with van der Waals surface area (Å²) >= 11 is 6.19. The lowest BCUT2D eigenvalue weighted by molar-refractivity contribution is -0.192. The molecule has 0 bridgehead atoms. The summed E-state index contributed by atoms with van der Waals surface area (Å²) in [5.41, 5.74) is 0.813. The SMILES string of the molecule is COC(=O)C(c1ccccc1Cl)N1CCNCC1.O=C(O)C(F)(F)F. The third kappa shape index (κ3) is 6.52. The number of rotatable bonds is 3. The molecule has 0 aromatic heterocycles. The normalized spacial score (nSPS) is 16.4. The Kier molecular flexibility index (Phi) is 8.14. The summed E-state index contributed by atoms with van der Waals surface area (Å²) in [7, 11) is 1.41. The Morgan fingerprint density at radius 2 is 1.80 bits per heavy atom. The highest BCUT2D eigenvalue weighted by Gasteiger charge is 2.38. The Labute approximate surface area is 147 Å². The summed E-state index contributed by atoms with van der Waals surface area (Å²) in [6, 6.07) is 7.02. The molecule has 1 aliphatic heterocycles. The first-order chi connectivity index (χ1) is 11.7. The van der Waals surface area contributed by atoms with Crippen LogP contribution in [0.25, 0.3) is 0 Å². The van der Waals surface area contributed by atoms with Crippen LogP contribution in [-0.2, 0) is 14.3 Å². The van der Waals surface area contributed by atoms with Crippen molar-refractivity contribution in [2.75, 3.05) is 33.3 Å². The van der Waals surface area contributed by atoms with Gasteiger partial charge in [-0.15, -0.1) is 0 Å². The molecule has 10 heteroatoms. The van der Waals surface area contributed by atoms with E-state index in [1.54, 1.807) is 6.07 Å². The third-order valence-electron chi connectivity index (χ3n) is 3.38. The number of benzene rings is 1. The fraction of sp³-hybridized carbons (Fsp3) is 0.467. The number of carbonyl (C=O) groups excluding carboxylic acids is 1. The number of hydrogen-bond acceptors (Lipinski definition) is 5. The van der Waals surface area contributed by atoms with Crippen LogP contribution in [0.2, 0.25) is 5.02 Å². The van der Waals surface area contributed by atoms with E-state index in [1.165, 1.54) is 7.11 Å². The van der Waals surface area contributed by atoms with E-state index < -0.39 is 18.2 Å². The molecule has 1 heterocycles. The van der Waals surface area contributed by atoms with Crippen LogP contribution in [0.15, 0.2) is 24.3 Å². The monoisotopic (exact) mass is 382 g/mol. The highest BCUT2D eigenvalue weighted by molar-refractivity contribution is 6.31. The largest absolute Gasteiger partial charge is 0.490 e. The van der Waals surface area contributed by atoms with E-state index in [2.05, 4.69) is 10.2 Å². The predicted molar refractivity (Wildman–Crippen MR) is 84.3 cm³/mol. The van der Waals surface area contributed by atoms with Gasteiger partial charge in [-0.25, -0.2) is 9.59 Å². The summed E-state index contributed by atoms with van der Waals surface area (Å²) in [5, 5.41) is 11.0. The van der Waals surface area contributed by atoms with Gasteiger partial charge in [0.05, 0.1) is 7.11 Å². The smallest absolute Gasteiger partial charge is 0.475 e. The first kappa shape index (κ1) is 21.2. The molecule has 6 nitrogen and oxygen atoms in total. The molecule has 0 amide bonds. The summed E-state index contributed by atoms with van der Waals surface area (Å²) in [6.45, 7) is 3.37. The van der Waals surface area contributed by atoms with Crippen LogP contribution in [0.1, 0.15) is 11.6 Å². The fourth-order valence-electron chi connectivity index (χ4n) is 2.22. The minimum Gasteiger partial charge on any atom is -0.475 e. The van der Waals surface area contributed by atoms with Crippen molar-refractivity contribution in [3.63, 3.8) is 0 Å². The molecule has 1 aliphatic rings. The van der Waals surface area contributed by atoms with Gasteiger partial charge in [-0.2, -0.15) is 13.2 Å². The van der Waals surface area contributed by atoms with Crippen LogP contribution in [0.3, 0.4) is 0 Å². The lowest BCUT2D eigenvalue weighted by Crippen LogP contribution is -2.47. The molecule has 0 saturated carbocycles. The van der Waals surface area contributed by atoms with Gasteiger partial charge in [0.15, 0.2) is 0 Å². The van der Waals surface area contributed by atoms with Crippen LogP contribution in [0.5, 0.6) is 0 Å². The average Bonchev–Trinajstić information content (AvgIpc) is 2.57. The van der Waals surface area contributed by atoms with Crippen molar-refractivity contribution in [3.8, 4) is 0 Å². The highest BCUT2D eigenvalue weighted by atomic mass is 35.5. The number of piperazine rings is 1. The van der Waals surface area contributed by atoms with Crippen LogP contribution >= 0.6 is 11.6 Å². The first-order valence-electron chi connectivity index (χ1n) is 7.25. The highest BCUT2D eigenvalue weighted by Crippen LogP contribution is 2.28. The Hall–Kier alpha value is -1.84. The molecule has 0 spiro atoms. The number of nitrogens with zero attached hydrogens (tertiary/aromatic N) is 1. The van der Waals surface area contributed by atoms with Crippen molar-refractivity contribution in [2.24, 2.45) is 0 Å². The molecule has 2 N–H and O–H groups in total. The molecule has 1 atom stereocenters. The maximum absolute atomic E-state index is 12.0. The van der Waals surface area contributed by atoms with Crippen LogP contribution < -0.4 is 5.32 Å². The van der Waals surface area contributed by atoms with Gasteiger partial charge in [-0.1, -0.05) is 29.8 Å². The second kappa shape index (κ2) is 9.59. The summed E-state index contributed by atoms with van der Waals surface area (Å²) in [6.07, 6.45) is -5.08. The van der Waals surface area contributed by atoms with Crippen molar-refractivity contribution in [2.45, 2.75) is 12.2 Å². The van der Waals surface area contributed by atoms with Gasteiger partial charge >= 0.3 is 18.1 Å². The second-order valence-electron chi connectivity index (χ2n) is 5.04. The first-order valence-corrected chi connectivity index (χ1v) is 7.63. The molecule has 25 heavy (non-hydrogen) atoms. The van der Waals surface area contributed by atoms with E-state index in [1.807, 2.05) is 18.2 Å². The van der Waals surface area contributed by atoms with E-state index in [4.69, 9.17) is 26.2 Å². The lowest BCUT2D eigenvalue weighted by atomic mass is 10.0. The number of ether oxygens (including phenoxy) is 1. The Bertz CT molecular complexity index is 592. The Morgan fingerprint density at radius 1 is 1.28 bits per heavy atom. The molecule has 0 radical (unpaired) electrons. The van der Waals surface area contributed by atoms with Gasteiger partial charge in [-0.3, -0.25) is 4.90 Å². The lowest BCUT2D eigenvalue weighted by Gasteiger charge is -2.33. The Morgan fingerprint density at radius 3 is 2.24 bits per heavy atom. The minimum atomic E-state index is -5.08. The van der Waals surface area contributed by atoms with Crippen molar-refractivity contribution in [1.29, 1.82) is 0 Å². The number of carboxylic acid groups (broad SMARTS) is 1. The minimum absolute atomic E-state index is 0.259. The zero-order valence-corrected chi connectivity index (χ0v) is 14.1. The number of hydrogen-bond donors (Lipinski definition) is 2. The van der Waals surface area contributed by atoms with E-state index in [9.17, 15) is 18.0 Å². The zero-order chi connectivity index (χ0) is 19.0. The maximum Gasteiger partial charge on any atom is 0.490 e. The number of nitrogens with one attached hydrogen (secondary N) is 1. The zero-order valence-electron chi connectivity index (χ0n) is 13.3. The topological polar surface area (TPSA) is 78.9 Å². The number of carbonyl (C=O) groups is 2. The van der Waals surface area contributed by atoms with Gasteiger partial charge in [0, 0.05) is 31.2 Å². The standard InChI is InChI=1S/C13H17ClN2O2.C2HF3O2/c1-18-13(17)12(16-8-6-15-7-9-16)10-4-2-3-5-11(10)14;3-2(4,5)1(6)7/h2-5,12,15H,6-9H2,1H3;(H,6,7). The average molecular weight is 383 g/mol. The van der Waals surface area contributed by atoms with Gasteiger partial charge in [0.2, 0.25) is 0 Å². The maximum atomic E-state index is 12.0. The Balaban J connectivity index is 0.000000381. The third-order valence-corrected chi connectivity index (χ3v) is 3.73. The predicted octanol–water partition coefficient (Wildman–Crippen LogP) is 2.09. The van der Waals surface area contributed by atoms with Gasteiger partial charge < -0.3 is 15.2 Å². The molecule has 1 aromatic carbocycles. The number of methoxy groups -OCH3 is 1. The summed E-state index contributed by atoms with van der Waals surface area (Å²) in [5.74, 6) is -3.02. The number of alkyl halides is 3. The molecule has 140 valence electrons. The van der Waals surface area contributed by atoms with E-state index >= 15 is 0 Å². The quantitative estimate of drug-likeness (QED) is 0.779. The van der Waals surface area contributed by atoms with Crippen molar-refractivity contribution < 1.29 is 32.6 Å². The number of esters is 1. The molecular weight excluding hydrogens is 365 g/mol. The second-order valence-corrected chi connectivity index (χ2v) is 5.44. The van der Waals surface area contributed by atoms with E-state index in [0.29, 0.717) is 5.02 Å². The summed E-state index contributed by atoms with van der Waals surface area (Å²) < 4.78 is 36.7. The molecular formula is C15H18ClF3N2O4. The van der Waals surface area contributed by atoms with Crippen molar-refractivity contribution in [1.82, 2.24) is 10.2 Å². The van der Waals surface area contributed by atoms with E-state index in [0.717, 1.165) is 31.7 Å². The van der Waals surface area contributed by atoms with Crippen molar-refractivity contribution in [3.05, 3.63) is 34.9 Å². The summed E-state index contributed by atoms with van der Waals surface area (Å²) in [4.78, 5) is 23.0. The van der Waals surface area contributed by atoms with Gasteiger partial charge in [0.1, 0.15) is 6.04 Å². The van der Waals surface area contributed by atoms with E-state index in [-0.39, 0.29) is 5.97 Å². The molecule has 0 aliphatic carbocycles. The van der Waals surface area contributed by atoms with Crippen LogP contribution in [0.4, 0.5) is 13.2 Å². The van der Waals surface area contributed by atoms with Crippen LogP contribution in [0, 0.1) is 0 Å². The van der Waals surface area contributed by atoms with Gasteiger partial charge in [-0.05, 0) is 11.6 Å². The number of aliphatic carboxylic acids is 1. The number of halogens is 4.